The summed E-state index contributed by atoms with van der Waals surface area (Å²) in [5.41, 5.74) is 1.17. The zero-order valence-corrected chi connectivity index (χ0v) is 15.7. The fraction of sp³-hybridized carbons (Fsp3) is 0.700. The molecule has 2 aliphatic rings. The number of guanidine groups is 1. The SMILES string of the molecule is CCCC1CC1NC(=NCC)NC1CCN(Cc2ccccn2)CC1. The third-order valence-electron chi connectivity index (χ3n) is 5.26. The zero-order valence-electron chi connectivity index (χ0n) is 15.7. The van der Waals surface area contributed by atoms with Gasteiger partial charge in [-0.05, 0) is 50.7 Å². The molecule has 2 N–H and O–H groups in total. The summed E-state index contributed by atoms with van der Waals surface area (Å²) >= 11 is 0. The molecule has 1 saturated carbocycles. The third kappa shape index (κ3) is 5.70. The average Bonchev–Trinajstić information content (AvgIpc) is 3.35. The van der Waals surface area contributed by atoms with Gasteiger partial charge in [0, 0.05) is 44.5 Å². The molecule has 1 aliphatic heterocycles. The highest BCUT2D eigenvalue weighted by molar-refractivity contribution is 5.80. The summed E-state index contributed by atoms with van der Waals surface area (Å²) in [5, 5.41) is 7.31. The Hall–Kier alpha value is -1.62. The molecule has 0 amide bonds. The second-order valence-corrected chi connectivity index (χ2v) is 7.37. The molecular weight excluding hydrogens is 310 g/mol. The fourth-order valence-electron chi connectivity index (χ4n) is 3.73. The summed E-state index contributed by atoms with van der Waals surface area (Å²) in [4.78, 5) is 11.6. The predicted octanol–water partition coefficient (Wildman–Crippen LogP) is 2.79. The van der Waals surface area contributed by atoms with Gasteiger partial charge in [0.25, 0.3) is 0 Å². The Morgan fingerprint density at radius 2 is 2.08 bits per heavy atom. The number of piperidine rings is 1. The molecular formula is C20H33N5. The molecule has 138 valence electrons. The first-order valence-electron chi connectivity index (χ1n) is 9.98. The minimum atomic E-state index is 0.529. The molecule has 0 bridgehead atoms. The van der Waals surface area contributed by atoms with Crippen molar-refractivity contribution >= 4 is 5.96 Å². The van der Waals surface area contributed by atoms with Crippen LogP contribution in [0.2, 0.25) is 0 Å². The van der Waals surface area contributed by atoms with Crippen LogP contribution in [-0.4, -0.2) is 47.6 Å². The van der Waals surface area contributed by atoms with E-state index in [4.69, 9.17) is 0 Å². The van der Waals surface area contributed by atoms with Crippen LogP contribution in [0.1, 0.15) is 51.6 Å². The first-order chi connectivity index (χ1) is 12.3. The van der Waals surface area contributed by atoms with Crippen molar-refractivity contribution in [3.8, 4) is 0 Å². The molecule has 0 radical (unpaired) electrons. The van der Waals surface area contributed by atoms with Crippen molar-refractivity contribution in [1.29, 1.82) is 0 Å². The number of nitrogens with one attached hydrogen (secondary N) is 2. The van der Waals surface area contributed by atoms with Crippen LogP contribution < -0.4 is 10.6 Å². The zero-order chi connectivity index (χ0) is 17.5. The molecule has 1 aromatic heterocycles. The van der Waals surface area contributed by atoms with Gasteiger partial charge in [-0.2, -0.15) is 0 Å². The van der Waals surface area contributed by atoms with Crippen LogP contribution in [0.4, 0.5) is 0 Å². The topological polar surface area (TPSA) is 52.6 Å². The van der Waals surface area contributed by atoms with Gasteiger partial charge in [-0.1, -0.05) is 19.4 Å². The standard InChI is InChI=1S/C20H33N5/c1-3-7-16-14-19(16)24-20(21-4-2)23-17-9-12-25(13-10-17)15-18-8-5-6-11-22-18/h5-6,8,11,16-17,19H,3-4,7,9-10,12-15H2,1-2H3,(H2,21,23,24). The second kappa shape index (κ2) is 9.18. The minimum Gasteiger partial charge on any atom is -0.354 e. The monoisotopic (exact) mass is 343 g/mol. The number of likely N-dealkylation sites (tertiary alicyclic amines) is 1. The van der Waals surface area contributed by atoms with E-state index in [0.717, 1.165) is 38.1 Å². The number of aromatic nitrogens is 1. The molecule has 2 unspecified atom stereocenters. The lowest BCUT2D eigenvalue weighted by atomic mass is 10.0. The molecule has 3 rings (SSSR count). The van der Waals surface area contributed by atoms with E-state index in [9.17, 15) is 0 Å². The molecule has 25 heavy (non-hydrogen) atoms. The van der Waals surface area contributed by atoms with Gasteiger partial charge in [0.15, 0.2) is 5.96 Å². The van der Waals surface area contributed by atoms with Crippen LogP contribution in [0.15, 0.2) is 29.4 Å². The number of nitrogens with zero attached hydrogens (tertiary/aromatic N) is 3. The van der Waals surface area contributed by atoms with Crippen LogP contribution in [0.5, 0.6) is 0 Å². The molecule has 5 nitrogen and oxygen atoms in total. The lowest BCUT2D eigenvalue weighted by molar-refractivity contribution is 0.196. The van der Waals surface area contributed by atoms with Crippen molar-refractivity contribution in [3.63, 3.8) is 0 Å². The largest absolute Gasteiger partial charge is 0.354 e. The molecule has 1 aliphatic carbocycles. The molecule has 2 atom stereocenters. The van der Waals surface area contributed by atoms with E-state index in [1.165, 1.54) is 37.8 Å². The normalized spacial score (nSPS) is 25.0. The van der Waals surface area contributed by atoms with Crippen LogP contribution in [0.25, 0.3) is 0 Å². The van der Waals surface area contributed by atoms with Crippen molar-refractivity contribution < 1.29 is 0 Å². The van der Waals surface area contributed by atoms with E-state index in [-0.39, 0.29) is 0 Å². The van der Waals surface area contributed by atoms with E-state index in [0.29, 0.717) is 12.1 Å². The maximum atomic E-state index is 4.65. The van der Waals surface area contributed by atoms with Crippen molar-refractivity contribution in [3.05, 3.63) is 30.1 Å². The lowest BCUT2D eigenvalue weighted by Gasteiger charge is -2.33. The van der Waals surface area contributed by atoms with Gasteiger partial charge in [0.05, 0.1) is 5.69 Å². The van der Waals surface area contributed by atoms with Crippen molar-refractivity contribution in [2.75, 3.05) is 19.6 Å². The molecule has 5 heteroatoms. The Balaban J connectivity index is 1.41. The van der Waals surface area contributed by atoms with Crippen LogP contribution in [0, 0.1) is 5.92 Å². The van der Waals surface area contributed by atoms with Gasteiger partial charge in [0.2, 0.25) is 0 Å². The summed E-state index contributed by atoms with van der Waals surface area (Å²) < 4.78 is 0. The summed E-state index contributed by atoms with van der Waals surface area (Å²) in [6.45, 7) is 8.41. The smallest absolute Gasteiger partial charge is 0.191 e. The first kappa shape index (κ1) is 18.2. The quantitative estimate of drug-likeness (QED) is 0.590. The Morgan fingerprint density at radius 1 is 1.24 bits per heavy atom. The number of hydrogen-bond donors (Lipinski definition) is 2. The highest BCUT2D eigenvalue weighted by atomic mass is 15.2. The van der Waals surface area contributed by atoms with E-state index in [1.54, 1.807) is 0 Å². The van der Waals surface area contributed by atoms with E-state index in [1.807, 2.05) is 12.3 Å². The maximum absolute atomic E-state index is 4.65. The summed E-state index contributed by atoms with van der Waals surface area (Å²) in [6.07, 6.45) is 8.14. The number of pyridine rings is 1. The second-order valence-electron chi connectivity index (χ2n) is 7.37. The molecule has 0 spiro atoms. The van der Waals surface area contributed by atoms with Crippen molar-refractivity contribution in [2.24, 2.45) is 10.9 Å². The minimum absolute atomic E-state index is 0.529. The number of rotatable bonds is 7. The number of aliphatic imine (C=N–C) groups is 1. The van der Waals surface area contributed by atoms with Gasteiger partial charge < -0.3 is 10.6 Å². The summed E-state index contributed by atoms with van der Waals surface area (Å²) in [5.74, 6) is 1.88. The molecule has 2 heterocycles. The van der Waals surface area contributed by atoms with Gasteiger partial charge in [-0.15, -0.1) is 0 Å². The molecule has 1 aromatic rings. The lowest BCUT2D eigenvalue weighted by Crippen LogP contribution is -2.49. The van der Waals surface area contributed by atoms with Gasteiger partial charge in [0.1, 0.15) is 0 Å². The fourth-order valence-corrected chi connectivity index (χ4v) is 3.73. The molecule has 0 aromatic carbocycles. The Bertz CT molecular complexity index is 536. The van der Waals surface area contributed by atoms with Crippen molar-refractivity contribution in [1.82, 2.24) is 20.5 Å². The predicted molar refractivity (Wildman–Crippen MR) is 104 cm³/mol. The molecule has 1 saturated heterocycles. The van der Waals surface area contributed by atoms with Crippen LogP contribution in [-0.2, 0) is 6.54 Å². The Labute approximate surface area is 152 Å². The average molecular weight is 344 g/mol. The van der Waals surface area contributed by atoms with Gasteiger partial charge >= 0.3 is 0 Å². The molecule has 2 fully saturated rings. The first-order valence-corrected chi connectivity index (χ1v) is 9.98. The van der Waals surface area contributed by atoms with Crippen molar-refractivity contribution in [2.45, 2.75) is 64.6 Å². The van der Waals surface area contributed by atoms with E-state index < -0.39 is 0 Å². The summed E-state index contributed by atoms with van der Waals surface area (Å²) in [7, 11) is 0. The number of hydrogen-bond acceptors (Lipinski definition) is 3. The van der Waals surface area contributed by atoms with Gasteiger partial charge in [-0.25, -0.2) is 0 Å². The van der Waals surface area contributed by atoms with E-state index in [2.05, 4.69) is 51.5 Å². The Morgan fingerprint density at radius 3 is 2.76 bits per heavy atom. The third-order valence-corrected chi connectivity index (χ3v) is 5.26. The van der Waals surface area contributed by atoms with Gasteiger partial charge in [-0.3, -0.25) is 14.9 Å². The van der Waals surface area contributed by atoms with E-state index >= 15 is 0 Å². The highest BCUT2D eigenvalue weighted by Crippen LogP contribution is 2.34. The highest BCUT2D eigenvalue weighted by Gasteiger charge is 2.36. The van der Waals surface area contributed by atoms with Crippen LogP contribution >= 0.6 is 0 Å². The maximum Gasteiger partial charge on any atom is 0.191 e. The summed E-state index contributed by atoms with van der Waals surface area (Å²) in [6, 6.07) is 7.33. The van der Waals surface area contributed by atoms with Crippen LogP contribution in [0.3, 0.4) is 0 Å². The Kier molecular flexibility index (Phi) is 6.68.